The van der Waals surface area contributed by atoms with E-state index in [9.17, 15) is 9.18 Å². The summed E-state index contributed by atoms with van der Waals surface area (Å²) in [6.45, 7) is 0. The molecule has 0 unspecified atom stereocenters. The first-order valence-corrected chi connectivity index (χ1v) is 7.73. The number of carbonyl (C=O) groups excluding carboxylic acids is 1. The third-order valence-corrected chi connectivity index (χ3v) is 3.46. The minimum atomic E-state index is -0.427. The number of hydrogen-bond acceptors (Lipinski definition) is 3. The van der Waals surface area contributed by atoms with Crippen LogP contribution in [0.25, 0.3) is 0 Å². The number of hydrazine groups is 1. The number of benzene rings is 2. The molecular formula is C17H18FN3O2S. The van der Waals surface area contributed by atoms with E-state index in [1.54, 1.807) is 25.3 Å². The lowest BCUT2D eigenvalue weighted by Gasteiger charge is -2.12. The van der Waals surface area contributed by atoms with Gasteiger partial charge in [-0.3, -0.25) is 15.6 Å². The molecule has 2 aromatic carbocycles. The molecule has 0 bridgehead atoms. The molecule has 0 atom stereocenters. The van der Waals surface area contributed by atoms with Crippen LogP contribution < -0.4 is 20.9 Å². The summed E-state index contributed by atoms with van der Waals surface area (Å²) in [5.74, 6) is 0.0812. The van der Waals surface area contributed by atoms with Gasteiger partial charge in [-0.25, -0.2) is 4.39 Å². The van der Waals surface area contributed by atoms with Crippen molar-refractivity contribution in [2.45, 2.75) is 12.8 Å². The van der Waals surface area contributed by atoms with Crippen LogP contribution >= 0.6 is 12.2 Å². The molecule has 0 aliphatic carbocycles. The van der Waals surface area contributed by atoms with Gasteiger partial charge in [-0.05, 0) is 42.4 Å². The molecule has 0 aliphatic heterocycles. The fraction of sp³-hybridized carbons (Fsp3) is 0.176. The third kappa shape index (κ3) is 5.20. The summed E-state index contributed by atoms with van der Waals surface area (Å²) < 4.78 is 18.7. The molecule has 0 spiro atoms. The van der Waals surface area contributed by atoms with Crippen LogP contribution in [0.15, 0.2) is 48.5 Å². The number of anilines is 1. The van der Waals surface area contributed by atoms with Crippen molar-refractivity contribution in [3.05, 3.63) is 59.9 Å². The van der Waals surface area contributed by atoms with E-state index in [0.29, 0.717) is 6.42 Å². The van der Waals surface area contributed by atoms with E-state index >= 15 is 0 Å². The Labute approximate surface area is 145 Å². The molecule has 0 saturated carbocycles. The lowest BCUT2D eigenvalue weighted by molar-refractivity contribution is -0.121. The maximum absolute atomic E-state index is 13.5. The standard InChI is InChI=1S/C17H18FN3O2S/c1-23-15-9-5-2-6-12(15)10-11-16(22)20-21-17(24)19-14-8-4-3-7-13(14)18/h2-9H,10-11H2,1H3,(H,20,22)(H2,19,21,24). The van der Waals surface area contributed by atoms with Crippen LogP contribution in [0.3, 0.4) is 0 Å². The second-order valence-corrected chi connectivity index (χ2v) is 5.33. The number of halogens is 1. The zero-order valence-corrected chi connectivity index (χ0v) is 14.0. The van der Waals surface area contributed by atoms with E-state index in [-0.39, 0.29) is 23.1 Å². The summed E-state index contributed by atoms with van der Waals surface area (Å²) in [6.07, 6.45) is 0.792. The topological polar surface area (TPSA) is 62.4 Å². The minimum Gasteiger partial charge on any atom is -0.496 e. The number of ether oxygens (including phenoxy) is 1. The molecule has 0 aliphatic rings. The minimum absolute atomic E-state index is 0.103. The number of aryl methyl sites for hydroxylation is 1. The highest BCUT2D eigenvalue weighted by molar-refractivity contribution is 7.80. The van der Waals surface area contributed by atoms with Crippen molar-refractivity contribution in [2.75, 3.05) is 12.4 Å². The molecule has 126 valence electrons. The van der Waals surface area contributed by atoms with Crippen molar-refractivity contribution in [1.29, 1.82) is 0 Å². The molecule has 7 heteroatoms. The number of rotatable bonds is 5. The van der Waals surface area contributed by atoms with Gasteiger partial charge >= 0.3 is 0 Å². The zero-order chi connectivity index (χ0) is 17.4. The van der Waals surface area contributed by atoms with Crippen LogP contribution in [0.4, 0.5) is 10.1 Å². The fourth-order valence-corrected chi connectivity index (χ4v) is 2.22. The monoisotopic (exact) mass is 347 g/mol. The van der Waals surface area contributed by atoms with Crippen LogP contribution in [0.2, 0.25) is 0 Å². The Morgan fingerprint density at radius 2 is 1.83 bits per heavy atom. The molecule has 3 N–H and O–H groups in total. The molecule has 24 heavy (non-hydrogen) atoms. The molecule has 0 heterocycles. The predicted molar refractivity (Wildman–Crippen MR) is 95.2 cm³/mol. The van der Waals surface area contributed by atoms with Crippen LogP contribution in [0, 0.1) is 5.82 Å². The second-order valence-electron chi connectivity index (χ2n) is 4.92. The molecule has 0 fully saturated rings. The van der Waals surface area contributed by atoms with Gasteiger partial charge in [0.1, 0.15) is 11.6 Å². The quantitative estimate of drug-likeness (QED) is 0.573. The number of thiocarbonyl (C=S) groups is 1. The number of nitrogens with one attached hydrogen (secondary N) is 3. The average Bonchev–Trinajstić information content (AvgIpc) is 2.60. The Morgan fingerprint density at radius 1 is 1.12 bits per heavy atom. The summed E-state index contributed by atoms with van der Waals surface area (Å²) in [6, 6.07) is 13.6. The van der Waals surface area contributed by atoms with Crippen LogP contribution in [0.5, 0.6) is 5.75 Å². The highest BCUT2D eigenvalue weighted by Gasteiger charge is 2.07. The van der Waals surface area contributed by atoms with Gasteiger partial charge in [0.15, 0.2) is 5.11 Å². The zero-order valence-electron chi connectivity index (χ0n) is 13.1. The van der Waals surface area contributed by atoms with E-state index in [1.807, 2.05) is 24.3 Å². The lowest BCUT2D eigenvalue weighted by Crippen LogP contribution is -2.43. The fourth-order valence-electron chi connectivity index (χ4n) is 2.06. The van der Waals surface area contributed by atoms with Crippen molar-refractivity contribution in [3.63, 3.8) is 0 Å². The summed E-state index contributed by atoms with van der Waals surface area (Å²) in [5.41, 5.74) is 6.20. The van der Waals surface area contributed by atoms with Gasteiger partial charge < -0.3 is 10.1 Å². The predicted octanol–water partition coefficient (Wildman–Crippen LogP) is 2.78. The lowest BCUT2D eigenvalue weighted by atomic mass is 10.1. The Balaban J connectivity index is 1.77. The van der Waals surface area contributed by atoms with Crippen LogP contribution in [-0.4, -0.2) is 18.1 Å². The smallest absolute Gasteiger partial charge is 0.238 e. The van der Waals surface area contributed by atoms with Crippen LogP contribution in [0.1, 0.15) is 12.0 Å². The summed E-state index contributed by atoms with van der Waals surface area (Å²) in [4.78, 5) is 11.9. The number of para-hydroxylation sites is 2. The van der Waals surface area contributed by atoms with Crippen molar-refractivity contribution >= 4 is 28.9 Å². The van der Waals surface area contributed by atoms with E-state index in [1.165, 1.54) is 6.07 Å². The van der Waals surface area contributed by atoms with E-state index in [2.05, 4.69) is 16.2 Å². The van der Waals surface area contributed by atoms with Gasteiger partial charge in [0, 0.05) is 6.42 Å². The van der Waals surface area contributed by atoms with Crippen molar-refractivity contribution in [3.8, 4) is 5.75 Å². The first kappa shape index (κ1) is 17.7. The highest BCUT2D eigenvalue weighted by atomic mass is 32.1. The van der Waals surface area contributed by atoms with Gasteiger partial charge in [-0.1, -0.05) is 30.3 Å². The number of hydrogen-bond donors (Lipinski definition) is 3. The summed E-state index contributed by atoms with van der Waals surface area (Å²) in [5, 5.41) is 2.77. The first-order valence-electron chi connectivity index (χ1n) is 7.32. The van der Waals surface area contributed by atoms with E-state index in [0.717, 1.165) is 11.3 Å². The molecule has 0 saturated heterocycles. The van der Waals surface area contributed by atoms with Crippen molar-refractivity contribution < 1.29 is 13.9 Å². The average molecular weight is 347 g/mol. The van der Waals surface area contributed by atoms with Crippen LogP contribution in [-0.2, 0) is 11.2 Å². The van der Waals surface area contributed by atoms with Gasteiger partial charge in [0.05, 0.1) is 12.8 Å². The summed E-state index contributed by atoms with van der Waals surface area (Å²) in [7, 11) is 1.59. The third-order valence-electron chi connectivity index (χ3n) is 3.25. The Morgan fingerprint density at radius 3 is 2.58 bits per heavy atom. The SMILES string of the molecule is COc1ccccc1CCC(=O)NNC(=S)Nc1ccccc1F. The number of amides is 1. The molecule has 0 radical (unpaired) electrons. The Bertz CT molecular complexity index is 724. The van der Waals surface area contributed by atoms with Crippen molar-refractivity contribution in [1.82, 2.24) is 10.9 Å². The largest absolute Gasteiger partial charge is 0.496 e. The second kappa shape index (κ2) is 8.83. The molecule has 2 rings (SSSR count). The Hall–Kier alpha value is -2.67. The molecular weight excluding hydrogens is 329 g/mol. The normalized spacial score (nSPS) is 9.92. The van der Waals surface area contributed by atoms with Crippen molar-refractivity contribution in [2.24, 2.45) is 0 Å². The van der Waals surface area contributed by atoms with Gasteiger partial charge in [0.2, 0.25) is 5.91 Å². The number of methoxy groups -OCH3 is 1. The maximum Gasteiger partial charge on any atom is 0.238 e. The van der Waals surface area contributed by atoms with Gasteiger partial charge in [-0.15, -0.1) is 0 Å². The number of carbonyl (C=O) groups is 1. The molecule has 5 nitrogen and oxygen atoms in total. The van der Waals surface area contributed by atoms with Gasteiger partial charge in [-0.2, -0.15) is 0 Å². The molecule has 1 amide bonds. The van der Waals surface area contributed by atoms with E-state index in [4.69, 9.17) is 17.0 Å². The highest BCUT2D eigenvalue weighted by Crippen LogP contribution is 2.18. The van der Waals surface area contributed by atoms with E-state index < -0.39 is 5.82 Å². The first-order chi connectivity index (χ1) is 11.6. The molecule has 2 aromatic rings. The summed E-state index contributed by atoms with van der Waals surface area (Å²) >= 11 is 5.01. The van der Waals surface area contributed by atoms with Gasteiger partial charge in [0.25, 0.3) is 0 Å². The molecule has 0 aromatic heterocycles. The Kier molecular flexibility index (Phi) is 6.51. The maximum atomic E-state index is 13.5.